The fourth-order valence-corrected chi connectivity index (χ4v) is 2.34. The van der Waals surface area contributed by atoms with Crippen LogP contribution in [-0.2, 0) is 9.53 Å². The van der Waals surface area contributed by atoms with Crippen molar-refractivity contribution in [3.05, 3.63) is 23.8 Å². The predicted octanol–water partition coefficient (Wildman–Crippen LogP) is 2.19. The third kappa shape index (κ3) is 5.88. The molecule has 0 radical (unpaired) electrons. The zero-order valence-corrected chi connectivity index (χ0v) is 12.8. The monoisotopic (exact) mass is 281 g/mol. The molecule has 0 aromatic rings. The highest BCUT2D eigenvalue weighted by molar-refractivity contribution is 5.76. The van der Waals surface area contributed by atoms with E-state index in [1.54, 1.807) is 7.11 Å². The number of rotatable bonds is 1. The Morgan fingerprint density at radius 2 is 2.15 bits per heavy atom. The number of aliphatic hydroxyl groups excluding tert-OH is 1. The predicted molar refractivity (Wildman–Crippen MR) is 80.3 cm³/mol. The maximum atomic E-state index is 11.6. The number of aliphatic hydroxyl groups is 1. The van der Waals surface area contributed by atoms with E-state index in [4.69, 9.17) is 4.74 Å². The fourth-order valence-electron chi connectivity index (χ4n) is 2.34. The van der Waals surface area contributed by atoms with Crippen LogP contribution in [0.25, 0.3) is 0 Å². The van der Waals surface area contributed by atoms with Gasteiger partial charge in [-0.25, -0.2) is 0 Å². The molecule has 20 heavy (non-hydrogen) atoms. The van der Waals surface area contributed by atoms with Crippen molar-refractivity contribution >= 4 is 5.91 Å². The van der Waals surface area contributed by atoms with E-state index in [0.29, 0.717) is 13.0 Å². The van der Waals surface area contributed by atoms with E-state index in [1.807, 2.05) is 32.1 Å². The second kappa shape index (κ2) is 8.93. The Bertz CT molecular complexity index is 363. The first-order valence-electron chi connectivity index (χ1n) is 7.36. The molecule has 1 aliphatic rings. The van der Waals surface area contributed by atoms with Gasteiger partial charge >= 0.3 is 0 Å². The quantitative estimate of drug-likeness (QED) is 0.724. The first kappa shape index (κ1) is 16.9. The van der Waals surface area contributed by atoms with E-state index in [-0.39, 0.29) is 17.9 Å². The zero-order chi connectivity index (χ0) is 15.0. The van der Waals surface area contributed by atoms with Gasteiger partial charge in [-0.15, -0.1) is 0 Å². The minimum absolute atomic E-state index is 0.0237. The Morgan fingerprint density at radius 1 is 1.40 bits per heavy atom. The Kier molecular flexibility index (Phi) is 7.55. The van der Waals surface area contributed by atoms with Gasteiger partial charge in [0.2, 0.25) is 5.91 Å². The molecule has 0 unspecified atom stereocenters. The average molecular weight is 281 g/mol. The van der Waals surface area contributed by atoms with Crippen LogP contribution in [-0.4, -0.2) is 36.9 Å². The summed E-state index contributed by atoms with van der Waals surface area (Å²) < 4.78 is 5.35. The Morgan fingerprint density at radius 3 is 2.85 bits per heavy atom. The van der Waals surface area contributed by atoms with E-state index >= 15 is 0 Å². The number of amides is 1. The maximum Gasteiger partial charge on any atom is 0.220 e. The molecule has 0 bridgehead atoms. The number of methoxy groups -OCH3 is 1. The van der Waals surface area contributed by atoms with Gasteiger partial charge in [-0.2, -0.15) is 0 Å². The molecule has 0 fully saturated rings. The summed E-state index contributed by atoms with van der Waals surface area (Å²) in [6.07, 6.45) is 8.43. The summed E-state index contributed by atoms with van der Waals surface area (Å²) >= 11 is 0. The first-order valence-corrected chi connectivity index (χ1v) is 7.36. The lowest BCUT2D eigenvalue weighted by Crippen LogP contribution is -2.32. The Labute approximate surface area is 121 Å². The normalized spacial score (nSPS) is 34.5. The lowest BCUT2D eigenvalue weighted by atomic mass is 9.96. The summed E-state index contributed by atoms with van der Waals surface area (Å²) in [4.78, 5) is 11.6. The van der Waals surface area contributed by atoms with Crippen LogP contribution in [0.2, 0.25) is 0 Å². The van der Waals surface area contributed by atoms with Crippen LogP contribution in [0.5, 0.6) is 0 Å². The van der Waals surface area contributed by atoms with Gasteiger partial charge in [0.25, 0.3) is 0 Å². The van der Waals surface area contributed by atoms with Gasteiger partial charge < -0.3 is 15.2 Å². The van der Waals surface area contributed by atoms with Gasteiger partial charge in [0, 0.05) is 26.0 Å². The lowest BCUT2D eigenvalue weighted by Gasteiger charge is -2.23. The summed E-state index contributed by atoms with van der Waals surface area (Å²) in [6.45, 7) is 4.47. The molecule has 0 aromatic heterocycles. The second-order valence-corrected chi connectivity index (χ2v) is 5.51. The molecule has 0 aromatic carbocycles. The number of nitrogens with one attached hydrogen (secondary N) is 1. The van der Waals surface area contributed by atoms with E-state index in [1.165, 1.54) is 0 Å². The number of carbonyl (C=O) groups is 1. The van der Waals surface area contributed by atoms with Crippen molar-refractivity contribution in [2.45, 2.75) is 51.7 Å². The molecular weight excluding hydrogens is 254 g/mol. The van der Waals surface area contributed by atoms with Crippen molar-refractivity contribution < 1.29 is 14.6 Å². The van der Waals surface area contributed by atoms with Crippen LogP contribution in [0.4, 0.5) is 0 Å². The smallest absolute Gasteiger partial charge is 0.220 e. The highest BCUT2D eigenvalue weighted by Crippen LogP contribution is 2.15. The van der Waals surface area contributed by atoms with Gasteiger partial charge in [-0.1, -0.05) is 30.7 Å². The number of ether oxygens (including phenoxy) is 1. The summed E-state index contributed by atoms with van der Waals surface area (Å²) in [6, 6.07) is 0. The Hall–Kier alpha value is -1.13. The largest absolute Gasteiger partial charge is 0.389 e. The standard InChI is InChI=1S/C16H27NO3/c1-12-10-13(2)16(19)14(20-3)8-6-4-5-7-9-15(18)17-11-12/h6,8,10,13-14,16,19H,4-5,7,9,11H2,1-3H3,(H,17,18)/b8-6+,12-10-/t13-,14+,16+/m1/s1. The van der Waals surface area contributed by atoms with Crippen LogP contribution in [0.15, 0.2) is 23.8 Å². The van der Waals surface area contributed by atoms with Crippen molar-refractivity contribution in [2.75, 3.05) is 13.7 Å². The van der Waals surface area contributed by atoms with Gasteiger partial charge in [-0.05, 0) is 26.2 Å². The third-order valence-electron chi connectivity index (χ3n) is 3.61. The van der Waals surface area contributed by atoms with Gasteiger partial charge in [-0.3, -0.25) is 4.79 Å². The molecule has 2 N–H and O–H groups in total. The highest BCUT2D eigenvalue weighted by Gasteiger charge is 2.21. The summed E-state index contributed by atoms with van der Waals surface area (Å²) in [5.74, 6) is 0.0752. The minimum Gasteiger partial charge on any atom is -0.389 e. The fraction of sp³-hybridized carbons (Fsp3) is 0.688. The maximum absolute atomic E-state index is 11.6. The van der Waals surface area contributed by atoms with Crippen molar-refractivity contribution in [1.82, 2.24) is 5.32 Å². The van der Waals surface area contributed by atoms with Crippen LogP contribution in [0, 0.1) is 5.92 Å². The highest BCUT2D eigenvalue weighted by atomic mass is 16.5. The molecular formula is C16H27NO3. The topological polar surface area (TPSA) is 58.6 Å². The molecule has 1 aliphatic heterocycles. The van der Waals surface area contributed by atoms with E-state index in [2.05, 4.69) is 5.32 Å². The SMILES string of the molecule is CO[C@H]1/C=C/CCCCC(=O)NC/C(C)=C\[C@@H](C)[C@@H]1O. The van der Waals surface area contributed by atoms with Crippen LogP contribution in [0.3, 0.4) is 0 Å². The van der Waals surface area contributed by atoms with Crippen LogP contribution in [0.1, 0.15) is 39.5 Å². The molecule has 4 nitrogen and oxygen atoms in total. The number of carbonyl (C=O) groups excluding carboxylic acids is 1. The van der Waals surface area contributed by atoms with Gasteiger partial charge in [0.15, 0.2) is 0 Å². The molecule has 0 saturated heterocycles. The van der Waals surface area contributed by atoms with Crippen molar-refractivity contribution in [1.29, 1.82) is 0 Å². The van der Waals surface area contributed by atoms with Crippen molar-refractivity contribution in [3.8, 4) is 0 Å². The summed E-state index contributed by atoms with van der Waals surface area (Å²) in [5, 5.41) is 13.2. The molecule has 1 heterocycles. The first-order chi connectivity index (χ1) is 9.54. The number of allylic oxidation sites excluding steroid dienone is 1. The zero-order valence-electron chi connectivity index (χ0n) is 12.8. The van der Waals surface area contributed by atoms with Gasteiger partial charge in [0.1, 0.15) is 6.10 Å². The lowest BCUT2D eigenvalue weighted by molar-refractivity contribution is -0.121. The average Bonchev–Trinajstić information content (AvgIpc) is 2.43. The van der Waals surface area contributed by atoms with Crippen molar-refractivity contribution in [2.24, 2.45) is 5.92 Å². The Balaban J connectivity index is 2.78. The molecule has 114 valence electrons. The number of hydrogen-bond acceptors (Lipinski definition) is 3. The molecule has 3 atom stereocenters. The van der Waals surface area contributed by atoms with Crippen molar-refractivity contribution in [3.63, 3.8) is 0 Å². The number of hydrogen-bond donors (Lipinski definition) is 2. The molecule has 0 spiro atoms. The summed E-state index contributed by atoms with van der Waals surface area (Å²) in [7, 11) is 1.62. The second-order valence-electron chi connectivity index (χ2n) is 5.51. The molecule has 0 aliphatic carbocycles. The van der Waals surface area contributed by atoms with Crippen LogP contribution < -0.4 is 5.32 Å². The van der Waals surface area contributed by atoms with Gasteiger partial charge in [0.05, 0.1) is 6.10 Å². The summed E-state index contributed by atoms with van der Waals surface area (Å²) in [5.41, 5.74) is 1.06. The third-order valence-corrected chi connectivity index (χ3v) is 3.61. The van der Waals surface area contributed by atoms with E-state index in [9.17, 15) is 9.90 Å². The van der Waals surface area contributed by atoms with E-state index < -0.39 is 6.10 Å². The molecule has 1 amide bonds. The molecule has 0 saturated carbocycles. The van der Waals surface area contributed by atoms with E-state index in [0.717, 1.165) is 24.8 Å². The molecule has 4 heteroatoms. The van der Waals surface area contributed by atoms with Crippen LogP contribution >= 0.6 is 0 Å². The minimum atomic E-state index is -0.579. The molecule has 1 rings (SSSR count).